The summed E-state index contributed by atoms with van der Waals surface area (Å²) in [6, 6.07) is 4.60. The summed E-state index contributed by atoms with van der Waals surface area (Å²) in [5, 5.41) is 3.10. The van der Waals surface area contributed by atoms with Crippen LogP contribution in [0.2, 0.25) is 0 Å². The minimum absolute atomic E-state index is 0.00400. The zero-order valence-electron chi connectivity index (χ0n) is 17.3. The number of nitrogens with one attached hydrogen (secondary N) is 1. The molecule has 1 aromatic carbocycles. The molecule has 1 amide bonds. The van der Waals surface area contributed by atoms with Crippen LogP contribution in [0, 0.1) is 0 Å². The van der Waals surface area contributed by atoms with E-state index in [2.05, 4.69) is 15.3 Å². The van der Waals surface area contributed by atoms with Gasteiger partial charge in [0, 0.05) is 17.5 Å². The zero-order valence-corrected chi connectivity index (χ0v) is 17.3. The minimum Gasteiger partial charge on any atom is -0.494 e. The standard InChI is InChI=1S/C21H23F3N4O3/c1-4-5-10-26-19(29)17-18(11(2)25)31-20(28-17)13-6-8-14(30-3)16-12(13)7-9-15(27-16)21(22,23)24/h6-9,11H,4-5,10,25H2,1-3H3,(H,26,29)/t11-/m0/s1. The fourth-order valence-corrected chi connectivity index (χ4v) is 3.08. The number of amides is 1. The molecule has 166 valence electrons. The molecule has 1 atom stereocenters. The molecule has 2 heterocycles. The molecule has 0 aliphatic rings. The van der Waals surface area contributed by atoms with E-state index < -0.39 is 23.8 Å². The average Bonchev–Trinajstić information content (AvgIpc) is 3.17. The van der Waals surface area contributed by atoms with Gasteiger partial charge in [0.1, 0.15) is 17.0 Å². The Morgan fingerprint density at radius 2 is 2.00 bits per heavy atom. The van der Waals surface area contributed by atoms with Crippen molar-refractivity contribution in [1.82, 2.24) is 15.3 Å². The first kappa shape index (κ1) is 22.5. The van der Waals surface area contributed by atoms with Crippen molar-refractivity contribution in [1.29, 1.82) is 0 Å². The lowest BCUT2D eigenvalue weighted by molar-refractivity contribution is -0.140. The number of fused-ring (bicyclic) bond motifs is 1. The van der Waals surface area contributed by atoms with Gasteiger partial charge in [-0.2, -0.15) is 13.2 Å². The van der Waals surface area contributed by atoms with Gasteiger partial charge in [0.25, 0.3) is 5.91 Å². The van der Waals surface area contributed by atoms with Crippen LogP contribution in [0.5, 0.6) is 5.75 Å². The number of benzene rings is 1. The van der Waals surface area contributed by atoms with E-state index in [1.165, 1.54) is 19.2 Å². The average molecular weight is 436 g/mol. The number of nitrogens with two attached hydrogens (primary N) is 1. The van der Waals surface area contributed by atoms with Crippen LogP contribution >= 0.6 is 0 Å². The molecule has 31 heavy (non-hydrogen) atoms. The van der Waals surface area contributed by atoms with E-state index in [0.29, 0.717) is 17.5 Å². The maximum absolute atomic E-state index is 13.1. The van der Waals surface area contributed by atoms with Crippen molar-refractivity contribution in [3.8, 4) is 17.2 Å². The molecule has 7 nitrogen and oxygen atoms in total. The van der Waals surface area contributed by atoms with Crippen LogP contribution in [0.1, 0.15) is 54.7 Å². The predicted octanol–water partition coefficient (Wildman–Crippen LogP) is 4.47. The van der Waals surface area contributed by atoms with Gasteiger partial charge >= 0.3 is 6.18 Å². The van der Waals surface area contributed by atoms with Gasteiger partial charge in [0.15, 0.2) is 11.5 Å². The number of oxazole rings is 1. The van der Waals surface area contributed by atoms with Crippen molar-refractivity contribution in [3.05, 3.63) is 41.4 Å². The Kier molecular flexibility index (Phi) is 6.49. The van der Waals surface area contributed by atoms with E-state index in [1.54, 1.807) is 13.0 Å². The summed E-state index contributed by atoms with van der Waals surface area (Å²) in [6.45, 7) is 4.13. The largest absolute Gasteiger partial charge is 0.494 e. The van der Waals surface area contributed by atoms with Crippen molar-refractivity contribution in [2.24, 2.45) is 5.73 Å². The molecule has 0 saturated carbocycles. The van der Waals surface area contributed by atoms with E-state index >= 15 is 0 Å². The number of carbonyl (C=O) groups is 1. The fourth-order valence-electron chi connectivity index (χ4n) is 3.08. The van der Waals surface area contributed by atoms with E-state index in [-0.39, 0.29) is 28.6 Å². The molecule has 0 spiro atoms. The van der Waals surface area contributed by atoms with Crippen molar-refractivity contribution in [2.75, 3.05) is 13.7 Å². The summed E-state index contributed by atoms with van der Waals surface area (Å²) in [6.07, 6.45) is -2.89. The first-order chi connectivity index (χ1) is 14.7. The van der Waals surface area contributed by atoms with Gasteiger partial charge in [-0.1, -0.05) is 13.3 Å². The summed E-state index contributed by atoms with van der Waals surface area (Å²) in [5.74, 6) is -0.0117. The topological polar surface area (TPSA) is 103 Å². The number of nitrogens with zero attached hydrogens (tertiary/aromatic N) is 2. The zero-order chi connectivity index (χ0) is 22.8. The Hall–Kier alpha value is -3.14. The SMILES string of the molecule is CCCCNC(=O)c1nc(-c2ccc(OC)c3nc(C(F)(F)F)ccc23)oc1[C@H](C)N. The molecule has 10 heteroatoms. The number of hydrogen-bond acceptors (Lipinski definition) is 6. The summed E-state index contributed by atoms with van der Waals surface area (Å²) in [4.78, 5) is 20.6. The van der Waals surface area contributed by atoms with Crippen LogP contribution in [0.4, 0.5) is 13.2 Å². The van der Waals surface area contributed by atoms with E-state index in [9.17, 15) is 18.0 Å². The molecule has 0 unspecified atom stereocenters. The lowest BCUT2D eigenvalue weighted by Gasteiger charge is -2.11. The normalized spacial score (nSPS) is 12.7. The Balaban J connectivity index is 2.13. The Labute approximate surface area is 176 Å². The van der Waals surface area contributed by atoms with Gasteiger partial charge in [-0.15, -0.1) is 0 Å². The van der Waals surface area contributed by atoms with E-state index in [1.807, 2.05) is 6.92 Å². The molecular formula is C21H23F3N4O3. The summed E-state index contributed by atoms with van der Waals surface area (Å²) in [7, 11) is 1.34. The molecule has 0 saturated heterocycles. The first-order valence-electron chi connectivity index (χ1n) is 9.77. The molecule has 0 aliphatic heterocycles. The highest BCUT2D eigenvalue weighted by Gasteiger charge is 2.33. The predicted molar refractivity (Wildman–Crippen MR) is 109 cm³/mol. The molecule has 3 rings (SSSR count). The molecule has 0 aliphatic carbocycles. The third kappa shape index (κ3) is 4.63. The van der Waals surface area contributed by atoms with E-state index in [4.69, 9.17) is 14.9 Å². The Bertz CT molecular complexity index is 1090. The number of rotatable bonds is 7. The number of ether oxygens (including phenoxy) is 1. The number of alkyl halides is 3. The minimum atomic E-state index is -4.61. The second kappa shape index (κ2) is 8.93. The van der Waals surface area contributed by atoms with Crippen LogP contribution in [0.15, 0.2) is 28.7 Å². The van der Waals surface area contributed by atoms with E-state index in [0.717, 1.165) is 18.9 Å². The maximum atomic E-state index is 13.1. The number of pyridine rings is 1. The van der Waals surface area contributed by atoms with Crippen molar-refractivity contribution >= 4 is 16.8 Å². The number of halogens is 3. The molecule has 0 bridgehead atoms. The highest BCUT2D eigenvalue weighted by Crippen LogP contribution is 2.37. The molecule has 3 aromatic rings. The summed E-state index contributed by atoms with van der Waals surface area (Å²) < 4.78 is 50.4. The number of methoxy groups -OCH3 is 1. The van der Waals surface area contributed by atoms with Crippen LogP contribution in [-0.4, -0.2) is 29.5 Å². The highest BCUT2D eigenvalue weighted by atomic mass is 19.4. The van der Waals surface area contributed by atoms with Gasteiger partial charge in [-0.05, 0) is 37.6 Å². The third-order valence-corrected chi connectivity index (χ3v) is 4.66. The maximum Gasteiger partial charge on any atom is 0.433 e. The number of aromatic nitrogens is 2. The van der Waals surface area contributed by atoms with Gasteiger partial charge < -0.3 is 20.2 Å². The molecular weight excluding hydrogens is 413 g/mol. The second-order valence-electron chi connectivity index (χ2n) is 7.04. The van der Waals surface area contributed by atoms with Gasteiger partial charge in [0.05, 0.1) is 13.2 Å². The monoisotopic (exact) mass is 436 g/mol. The Morgan fingerprint density at radius 3 is 2.61 bits per heavy atom. The fraction of sp³-hybridized carbons (Fsp3) is 0.381. The molecule has 2 aromatic heterocycles. The molecule has 0 radical (unpaired) electrons. The lowest BCUT2D eigenvalue weighted by Crippen LogP contribution is -2.26. The van der Waals surface area contributed by atoms with Crippen molar-refractivity contribution < 1.29 is 27.1 Å². The van der Waals surface area contributed by atoms with Crippen LogP contribution in [-0.2, 0) is 6.18 Å². The first-order valence-corrected chi connectivity index (χ1v) is 9.77. The molecule has 3 N–H and O–H groups in total. The van der Waals surface area contributed by atoms with Crippen molar-refractivity contribution in [2.45, 2.75) is 38.9 Å². The highest BCUT2D eigenvalue weighted by molar-refractivity contribution is 5.98. The number of carbonyl (C=O) groups excluding carboxylic acids is 1. The smallest absolute Gasteiger partial charge is 0.433 e. The lowest BCUT2D eigenvalue weighted by atomic mass is 10.1. The van der Waals surface area contributed by atoms with Gasteiger partial charge in [0.2, 0.25) is 5.89 Å². The number of unbranched alkanes of at least 4 members (excludes halogenated alkanes) is 1. The summed E-state index contributed by atoms with van der Waals surface area (Å²) in [5.41, 5.74) is 5.32. The van der Waals surface area contributed by atoms with Crippen LogP contribution < -0.4 is 15.8 Å². The second-order valence-corrected chi connectivity index (χ2v) is 7.04. The molecule has 0 fully saturated rings. The summed E-state index contributed by atoms with van der Waals surface area (Å²) >= 11 is 0. The van der Waals surface area contributed by atoms with Gasteiger partial charge in [-0.3, -0.25) is 4.79 Å². The van der Waals surface area contributed by atoms with Gasteiger partial charge in [-0.25, -0.2) is 9.97 Å². The third-order valence-electron chi connectivity index (χ3n) is 4.66. The van der Waals surface area contributed by atoms with Crippen molar-refractivity contribution in [3.63, 3.8) is 0 Å². The van der Waals surface area contributed by atoms with Crippen LogP contribution in [0.3, 0.4) is 0 Å². The van der Waals surface area contributed by atoms with Crippen LogP contribution in [0.25, 0.3) is 22.4 Å². The quantitative estimate of drug-likeness (QED) is 0.530. The Morgan fingerprint density at radius 1 is 1.26 bits per heavy atom. The number of hydrogen-bond donors (Lipinski definition) is 2.